The highest BCUT2D eigenvalue weighted by atomic mass is 127. The molecule has 2 heterocycles. The maximum atomic E-state index is 12.3. The topological polar surface area (TPSA) is 53.4 Å². The Bertz CT molecular complexity index is 716. The van der Waals surface area contributed by atoms with Crippen LogP contribution >= 0.6 is 22.6 Å². The SMILES string of the molecule is COC(=O)C(OC(C)(C)C)c1c(C)nc2c(ccn2C)c1I. The van der Waals surface area contributed by atoms with Gasteiger partial charge in [0.15, 0.2) is 6.10 Å². The molecule has 0 aliphatic heterocycles. The molecule has 5 nitrogen and oxygen atoms in total. The molecule has 6 heteroatoms. The number of carbonyl (C=O) groups excluding carboxylic acids is 1. The Morgan fingerprint density at radius 1 is 1.41 bits per heavy atom. The van der Waals surface area contributed by atoms with Crippen molar-refractivity contribution in [3.63, 3.8) is 0 Å². The largest absolute Gasteiger partial charge is 0.467 e. The van der Waals surface area contributed by atoms with Gasteiger partial charge in [-0.1, -0.05) is 0 Å². The molecule has 0 fully saturated rings. The van der Waals surface area contributed by atoms with Crippen molar-refractivity contribution in [3.05, 3.63) is 27.1 Å². The third kappa shape index (κ3) is 3.27. The fourth-order valence-electron chi connectivity index (χ4n) is 2.35. The Balaban J connectivity index is 2.65. The maximum Gasteiger partial charge on any atom is 0.339 e. The first kappa shape index (κ1) is 17.2. The number of halogens is 1. The van der Waals surface area contributed by atoms with Gasteiger partial charge in [0.1, 0.15) is 5.65 Å². The molecule has 2 rings (SSSR count). The van der Waals surface area contributed by atoms with E-state index in [-0.39, 0.29) is 0 Å². The highest BCUT2D eigenvalue weighted by molar-refractivity contribution is 14.1. The molecular weight excluding hydrogens is 395 g/mol. The monoisotopic (exact) mass is 416 g/mol. The second-order valence-electron chi connectivity index (χ2n) is 6.22. The number of pyridine rings is 1. The van der Waals surface area contributed by atoms with Gasteiger partial charge in [-0.2, -0.15) is 0 Å². The predicted molar refractivity (Wildman–Crippen MR) is 93.8 cm³/mol. The van der Waals surface area contributed by atoms with Crippen LogP contribution in [0.15, 0.2) is 12.3 Å². The van der Waals surface area contributed by atoms with Crippen LogP contribution in [-0.2, 0) is 21.3 Å². The van der Waals surface area contributed by atoms with Gasteiger partial charge in [-0.05, 0) is 56.4 Å². The van der Waals surface area contributed by atoms with Crippen LogP contribution in [0, 0.1) is 10.5 Å². The normalized spacial score (nSPS) is 13.4. The summed E-state index contributed by atoms with van der Waals surface area (Å²) >= 11 is 2.25. The third-order valence-electron chi connectivity index (χ3n) is 3.32. The van der Waals surface area contributed by atoms with Gasteiger partial charge < -0.3 is 14.0 Å². The van der Waals surface area contributed by atoms with Gasteiger partial charge in [-0.25, -0.2) is 9.78 Å². The average molecular weight is 416 g/mol. The fourth-order valence-corrected chi connectivity index (χ4v) is 3.44. The number of aromatic nitrogens is 2. The molecule has 0 aliphatic carbocycles. The maximum absolute atomic E-state index is 12.3. The molecule has 120 valence electrons. The number of rotatable bonds is 3. The summed E-state index contributed by atoms with van der Waals surface area (Å²) in [5, 5.41) is 1.01. The quantitative estimate of drug-likeness (QED) is 0.568. The first-order chi connectivity index (χ1) is 10.2. The number of aryl methyl sites for hydroxylation is 2. The molecule has 0 N–H and O–H groups in total. The van der Waals surface area contributed by atoms with Crippen molar-refractivity contribution >= 4 is 39.6 Å². The number of carbonyl (C=O) groups is 1. The molecule has 0 bridgehead atoms. The van der Waals surface area contributed by atoms with E-state index in [2.05, 4.69) is 27.6 Å². The van der Waals surface area contributed by atoms with E-state index < -0.39 is 17.7 Å². The minimum absolute atomic E-state index is 0.409. The molecule has 0 radical (unpaired) electrons. The summed E-state index contributed by atoms with van der Waals surface area (Å²) in [4.78, 5) is 16.9. The van der Waals surface area contributed by atoms with Gasteiger partial charge in [0.25, 0.3) is 0 Å². The molecule has 22 heavy (non-hydrogen) atoms. The van der Waals surface area contributed by atoms with Gasteiger partial charge in [0, 0.05) is 33.5 Å². The van der Waals surface area contributed by atoms with E-state index >= 15 is 0 Å². The minimum Gasteiger partial charge on any atom is -0.467 e. The van der Waals surface area contributed by atoms with Gasteiger partial charge in [0.2, 0.25) is 0 Å². The second-order valence-corrected chi connectivity index (χ2v) is 7.30. The van der Waals surface area contributed by atoms with Crippen molar-refractivity contribution < 1.29 is 14.3 Å². The van der Waals surface area contributed by atoms with Crippen molar-refractivity contribution in [1.29, 1.82) is 0 Å². The number of fused-ring (bicyclic) bond motifs is 1. The summed E-state index contributed by atoms with van der Waals surface area (Å²) in [5.41, 5.74) is 1.98. The molecule has 0 spiro atoms. The van der Waals surface area contributed by atoms with Crippen molar-refractivity contribution in [2.75, 3.05) is 7.11 Å². The van der Waals surface area contributed by atoms with Crippen LogP contribution < -0.4 is 0 Å². The van der Waals surface area contributed by atoms with Crippen LogP contribution in [0.3, 0.4) is 0 Å². The lowest BCUT2D eigenvalue weighted by atomic mass is 10.0. The van der Waals surface area contributed by atoms with Crippen molar-refractivity contribution in [3.8, 4) is 0 Å². The fraction of sp³-hybridized carbons (Fsp3) is 0.500. The van der Waals surface area contributed by atoms with Crippen LogP contribution in [0.25, 0.3) is 11.0 Å². The first-order valence-corrected chi connectivity index (χ1v) is 8.10. The van der Waals surface area contributed by atoms with Crippen molar-refractivity contribution in [2.24, 2.45) is 7.05 Å². The summed E-state index contributed by atoms with van der Waals surface area (Å²) in [7, 11) is 3.33. The molecule has 0 aliphatic rings. The number of methoxy groups -OCH3 is 1. The Morgan fingerprint density at radius 3 is 2.59 bits per heavy atom. The molecule has 0 amide bonds. The van der Waals surface area contributed by atoms with Crippen LogP contribution in [0.1, 0.15) is 38.1 Å². The Morgan fingerprint density at radius 2 is 2.05 bits per heavy atom. The van der Waals surface area contributed by atoms with E-state index in [1.165, 1.54) is 7.11 Å². The lowest BCUT2D eigenvalue weighted by Gasteiger charge is -2.27. The molecule has 0 saturated carbocycles. The highest BCUT2D eigenvalue weighted by Crippen LogP contribution is 2.34. The van der Waals surface area contributed by atoms with E-state index in [9.17, 15) is 4.79 Å². The molecule has 2 aromatic heterocycles. The standard InChI is InChI=1S/C16H21IN2O3/c1-9-11(13(15(20)21-6)22-16(2,3)4)12(17)10-7-8-19(5)14(10)18-9/h7-8,13H,1-6H3. The van der Waals surface area contributed by atoms with Gasteiger partial charge in [-0.15, -0.1) is 0 Å². The van der Waals surface area contributed by atoms with Gasteiger partial charge in [0.05, 0.1) is 12.7 Å². The van der Waals surface area contributed by atoms with Crippen molar-refractivity contribution in [2.45, 2.75) is 39.4 Å². The van der Waals surface area contributed by atoms with Crippen molar-refractivity contribution in [1.82, 2.24) is 9.55 Å². The van der Waals surface area contributed by atoms with Crippen LogP contribution in [0.4, 0.5) is 0 Å². The Labute approximate surface area is 144 Å². The van der Waals surface area contributed by atoms with E-state index in [1.54, 1.807) is 0 Å². The van der Waals surface area contributed by atoms with Crippen LogP contribution in [0.5, 0.6) is 0 Å². The summed E-state index contributed by atoms with van der Waals surface area (Å²) in [6.45, 7) is 7.64. The molecule has 0 saturated heterocycles. The molecule has 0 aromatic carbocycles. The summed E-state index contributed by atoms with van der Waals surface area (Å²) in [6, 6.07) is 2.00. The zero-order chi connectivity index (χ0) is 16.7. The molecule has 1 atom stereocenters. The van der Waals surface area contributed by atoms with Crippen LogP contribution in [0.2, 0.25) is 0 Å². The smallest absolute Gasteiger partial charge is 0.339 e. The number of esters is 1. The predicted octanol–water partition coefficient (Wildman–Crippen LogP) is 3.52. The summed E-state index contributed by atoms with van der Waals surface area (Å²) in [6.07, 6.45) is 1.18. The number of hydrogen-bond acceptors (Lipinski definition) is 4. The van der Waals surface area contributed by atoms with Gasteiger partial charge >= 0.3 is 5.97 Å². The van der Waals surface area contributed by atoms with E-state index in [0.717, 1.165) is 25.9 Å². The number of nitrogens with zero attached hydrogens (tertiary/aromatic N) is 2. The highest BCUT2D eigenvalue weighted by Gasteiger charge is 2.32. The lowest BCUT2D eigenvalue weighted by molar-refractivity contribution is -0.164. The number of hydrogen-bond donors (Lipinski definition) is 0. The summed E-state index contributed by atoms with van der Waals surface area (Å²) < 4.78 is 13.8. The molecular formula is C16H21IN2O3. The van der Waals surface area contributed by atoms with E-state index in [0.29, 0.717) is 0 Å². The number of ether oxygens (including phenoxy) is 2. The zero-order valence-corrected chi connectivity index (χ0v) is 15.9. The zero-order valence-electron chi connectivity index (χ0n) is 13.7. The molecule has 2 aromatic rings. The first-order valence-electron chi connectivity index (χ1n) is 7.02. The van der Waals surface area contributed by atoms with Crippen LogP contribution in [-0.4, -0.2) is 28.2 Å². The third-order valence-corrected chi connectivity index (χ3v) is 4.49. The lowest BCUT2D eigenvalue weighted by Crippen LogP contribution is -2.29. The Hall–Kier alpha value is -1.15. The average Bonchev–Trinajstić information content (AvgIpc) is 2.77. The van der Waals surface area contributed by atoms with Gasteiger partial charge in [-0.3, -0.25) is 0 Å². The molecule has 1 unspecified atom stereocenters. The Kier molecular flexibility index (Phi) is 4.81. The second kappa shape index (κ2) is 6.16. The van der Waals surface area contributed by atoms with E-state index in [1.807, 2.05) is 51.6 Å². The summed E-state index contributed by atoms with van der Waals surface area (Å²) in [5.74, 6) is -0.409. The van der Waals surface area contributed by atoms with E-state index in [4.69, 9.17) is 9.47 Å². The minimum atomic E-state index is -0.783.